The van der Waals surface area contributed by atoms with Crippen LogP contribution in [0.15, 0.2) is 60.7 Å². The molecular formula is C19H16O4. The van der Waals surface area contributed by atoms with Crippen molar-refractivity contribution in [1.29, 1.82) is 0 Å². The number of phenolic OH excluding ortho intramolecular Hbond substituents is 2. The van der Waals surface area contributed by atoms with Gasteiger partial charge in [0.05, 0.1) is 12.2 Å². The molecule has 0 saturated heterocycles. The molecule has 0 heterocycles. The number of esters is 1. The number of hydrogen-bond acceptors (Lipinski definition) is 4. The first-order valence-electron chi connectivity index (χ1n) is 7.31. The molecule has 0 aromatic heterocycles. The average Bonchev–Trinajstić information content (AvgIpc) is 2.58. The van der Waals surface area contributed by atoms with E-state index in [1.807, 2.05) is 30.3 Å². The topological polar surface area (TPSA) is 66.8 Å². The molecule has 0 aliphatic carbocycles. The van der Waals surface area contributed by atoms with Crippen LogP contribution in [0.5, 0.6) is 11.5 Å². The highest BCUT2D eigenvalue weighted by atomic mass is 16.5. The van der Waals surface area contributed by atoms with E-state index in [4.69, 9.17) is 4.74 Å². The van der Waals surface area contributed by atoms with Gasteiger partial charge in [-0.05, 0) is 23.8 Å². The third kappa shape index (κ3) is 3.11. The summed E-state index contributed by atoms with van der Waals surface area (Å²) in [5.41, 5.74) is 1.46. The minimum absolute atomic E-state index is 0.216. The van der Waals surface area contributed by atoms with Crippen LogP contribution in [-0.2, 0) is 11.2 Å². The lowest BCUT2D eigenvalue weighted by Gasteiger charge is -2.09. The van der Waals surface area contributed by atoms with Gasteiger partial charge in [0, 0.05) is 17.2 Å². The Hall–Kier alpha value is -3.01. The highest BCUT2D eigenvalue weighted by Gasteiger charge is 2.14. The molecular weight excluding hydrogens is 292 g/mol. The first-order chi connectivity index (χ1) is 11.2. The van der Waals surface area contributed by atoms with Crippen LogP contribution in [-0.4, -0.2) is 22.8 Å². The van der Waals surface area contributed by atoms with Crippen molar-refractivity contribution in [2.75, 3.05) is 6.61 Å². The summed E-state index contributed by atoms with van der Waals surface area (Å²) >= 11 is 0. The maximum atomic E-state index is 12.3. The van der Waals surface area contributed by atoms with Crippen molar-refractivity contribution in [3.05, 3.63) is 71.8 Å². The Labute approximate surface area is 133 Å². The van der Waals surface area contributed by atoms with E-state index < -0.39 is 5.97 Å². The number of phenols is 2. The van der Waals surface area contributed by atoms with Crippen LogP contribution in [0.25, 0.3) is 10.8 Å². The van der Waals surface area contributed by atoms with Crippen molar-refractivity contribution in [2.24, 2.45) is 0 Å². The number of carbonyl (C=O) groups is 1. The van der Waals surface area contributed by atoms with Gasteiger partial charge in [-0.2, -0.15) is 0 Å². The van der Waals surface area contributed by atoms with Gasteiger partial charge in [0.25, 0.3) is 0 Å². The molecule has 0 atom stereocenters. The van der Waals surface area contributed by atoms with Crippen LogP contribution in [0.2, 0.25) is 0 Å². The van der Waals surface area contributed by atoms with Crippen LogP contribution < -0.4 is 0 Å². The molecule has 0 aliphatic heterocycles. The first kappa shape index (κ1) is 14.9. The average molecular weight is 308 g/mol. The summed E-state index contributed by atoms with van der Waals surface area (Å²) in [6, 6.07) is 17.7. The number of aromatic hydroxyl groups is 2. The van der Waals surface area contributed by atoms with Crippen LogP contribution in [0.3, 0.4) is 0 Å². The van der Waals surface area contributed by atoms with E-state index in [9.17, 15) is 15.0 Å². The van der Waals surface area contributed by atoms with Crippen molar-refractivity contribution in [3.8, 4) is 11.5 Å². The van der Waals surface area contributed by atoms with Gasteiger partial charge in [0.1, 0.15) is 0 Å². The Balaban J connectivity index is 1.77. The molecule has 23 heavy (non-hydrogen) atoms. The number of rotatable bonds is 4. The number of carbonyl (C=O) groups excluding carboxylic acids is 1. The Morgan fingerprint density at radius 2 is 1.65 bits per heavy atom. The van der Waals surface area contributed by atoms with Gasteiger partial charge in [0.15, 0.2) is 11.5 Å². The Morgan fingerprint density at radius 1 is 0.870 bits per heavy atom. The van der Waals surface area contributed by atoms with Gasteiger partial charge in [0.2, 0.25) is 0 Å². The van der Waals surface area contributed by atoms with Gasteiger partial charge in [-0.15, -0.1) is 0 Å². The van der Waals surface area contributed by atoms with Crippen LogP contribution in [0, 0.1) is 0 Å². The molecule has 4 heteroatoms. The zero-order valence-electron chi connectivity index (χ0n) is 12.4. The van der Waals surface area contributed by atoms with Gasteiger partial charge >= 0.3 is 5.97 Å². The molecule has 3 aromatic rings. The minimum Gasteiger partial charge on any atom is -0.504 e. The molecule has 0 unspecified atom stereocenters. The van der Waals surface area contributed by atoms with E-state index in [2.05, 4.69) is 0 Å². The molecule has 0 amide bonds. The predicted octanol–water partition coefficient (Wildman–Crippen LogP) is 3.65. The Kier molecular flexibility index (Phi) is 4.15. The van der Waals surface area contributed by atoms with Crippen LogP contribution in [0.4, 0.5) is 0 Å². The zero-order valence-corrected chi connectivity index (χ0v) is 12.4. The molecule has 2 N–H and O–H groups in total. The smallest absolute Gasteiger partial charge is 0.338 e. The molecule has 0 bridgehead atoms. The first-order valence-corrected chi connectivity index (χ1v) is 7.31. The summed E-state index contributed by atoms with van der Waals surface area (Å²) in [6.07, 6.45) is 0.642. The van der Waals surface area contributed by atoms with E-state index in [1.54, 1.807) is 24.3 Å². The third-order valence-electron chi connectivity index (χ3n) is 3.70. The summed E-state index contributed by atoms with van der Waals surface area (Å²) in [5, 5.41) is 20.4. The largest absolute Gasteiger partial charge is 0.504 e. The molecule has 3 aromatic carbocycles. The predicted molar refractivity (Wildman–Crippen MR) is 87.7 cm³/mol. The molecule has 0 fully saturated rings. The normalized spacial score (nSPS) is 10.6. The summed E-state index contributed by atoms with van der Waals surface area (Å²) in [5.74, 6) is -0.898. The molecule has 0 spiro atoms. The SMILES string of the molecule is O=C(OCCc1ccccc1)c1cccc2c(O)c(O)ccc12. The monoisotopic (exact) mass is 308 g/mol. The van der Waals surface area contributed by atoms with Gasteiger partial charge in [-0.25, -0.2) is 4.79 Å². The second kappa shape index (κ2) is 6.40. The van der Waals surface area contributed by atoms with Crippen LogP contribution in [0.1, 0.15) is 15.9 Å². The number of benzene rings is 3. The quantitative estimate of drug-likeness (QED) is 0.570. The third-order valence-corrected chi connectivity index (χ3v) is 3.70. The standard InChI is InChI=1S/C19H16O4/c20-17-10-9-14-15(18(17)21)7-4-8-16(14)19(22)23-12-11-13-5-2-1-3-6-13/h1-10,20-21H,11-12H2. The maximum absolute atomic E-state index is 12.3. The highest BCUT2D eigenvalue weighted by Crippen LogP contribution is 2.34. The summed E-state index contributed by atoms with van der Waals surface area (Å²) in [7, 11) is 0. The summed E-state index contributed by atoms with van der Waals surface area (Å²) in [4.78, 5) is 12.3. The zero-order chi connectivity index (χ0) is 16.2. The molecule has 4 nitrogen and oxygen atoms in total. The number of ether oxygens (including phenoxy) is 1. The number of hydrogen-bond donors (Lipinski definition) is 2. The van der Waals surface area contributed by atoms with E-state index in [-0.39, 0.29) is 18.1 Å². The van der Waals surface area contributed by atoms with Crippen molar-refractivity contribution < 1.29 is 19.7 Å². The second-order valence-corrected chi connectivity index (χ2v) is 5.21. The number of fused-ring (bicyclic) bond motifs is 1. The molecule has 0 radical (unpaired) electrons. The lowest BCUT2D eigenvalue weighted by molar-refractivity contribution is 0.0511. The van der Waals surface area contributed by atoms with Gasteiger partial charge in [-0.3, -0.25) is 0 Å². The molecule has 116 valence electrons. The summed E-state index contributed by atoms with van der Waals surface area (Å²) < 4.78 is 5.33. The molecule has 0 aliphatic rings. The highest BCUT2D eigenvalue weighted by molar-refractivity contribution is 6.06. The Bertz CT molecular complexity index is 841. The minimum atomic E-state index is -0.448. The Morgan fingerprint density at radius 3 is 2.43 bits per heavy atom. The maximum Gasteiger partial charge on any atom is 0.338 e. The van der Waals surface area contributed by atoms with Gasteiger partial charge < -0.3 is 14.9 Å². The van der Waals surface area contributed by atoms with Crippen molar-refractivity contribution in [3.63, 3.8) is 0 Å². The van der Waals surface area contributed by atoms with Crippen molar-refractivity contribution >= 4 is 16.7 Å². The van der Waals surface area contributed by atoms with Gasteiger partial charge in [-0.1, -0.05) is 42.5 Å². The fourth-order valence-corrected chi connectivity index (χ4v) is 2.49. The summed E-state index contributed by atoms with van der Waals surface area (Å²) in [6.45, 7) is 0.281. The van der Waals surface area contributed by atoms with E-state index in [0.29, 0.717) is 22.8 Å². The fraction of sp³-hybridized carbons (Fsp3) is 0.105. The fourth-order valence-electron chi connectivity index (χ4n) is 2.49. The van der Waals surface area contributed by atoms with E-state index >= 15 is 0 Å². The molecule has 3 rings (SSSR count). The molecule has 0 saturated carbocycles. The van der Waals surface area contributed by atoms with E-state index in [0.717, 1.165) is 5.56 Å². The second-order valence-electron chi connectivity index (χ2n) is 5.21. The lowest BCUT2D eigenvalue weighted by atomic mass is 10.0. The van der Waals surface area contributed by atoms with Crippen molar-refractivity contribution in [2.45, 2.75) is 6.42 Å². The lowest BCUT2D eigenvalue weighted by Crippen LogP contribution is -2.08. The van der Waals surface area contributed by atoms with E-state index in [1.165, 1.54) is 6.07 Å². The van der Waals surface area contributed by atoms with Crippen LogP contribution >= 0.6 is 0 Å². The van der Waals surface area contributed by atoms with Crippen molar-refractivity contribution in [1.82, 2.24) is 0 Å².